The van der Waals surface area contributed by atoms with Crippen LogP contribution in [0.2, 0.25) is 0 Å². The summed E-state index contributed by atoms with van der Waals surface area (Å²) in [6.45, 7) is 3.12. The molecular formula is C13H19N5O2. The van der Waals surface area contributed by atoms with Crippen molar-refractivity contribution < 1.29 is 9.84 Å². The number of aromatic nitrogens is 4. The summed E-state index contributed by atoms with van der Waals surface area (Å²) in [5, 5.41) is 16.8. The molecule has 2 aromatic heterocycles. The average molecular weight is 277 g/mol. The number of aliphatic hydroxyl groups is 1. The summed E-state index contributed by atoms with van der Waals surface area (Å²) < 4.78 is 6.86. The molecule has 20 heavy (non-hydrogen) atoms. The number of nitrogens with zero attached hydrogens (tertiary/aromatic N) is 4. The molecule has 0 saturated carbocycles. The molecule has 0 aromatic carbocycles. The van der Waals surface area contributed by atoms with Gasteiger partial charge in [0.25, 0.3) is 0 Å². The van der Waals surface area contributed by atoms with Gasteiger partial charge in [-0.1, -0.05) is 0 Å². The fourth-order valence-electron chi connectivity index (χ4n) is 1.68. The van der Waals surface area contributed by atoms with Crippen LogP contribution in [0.1, 0.15) is 6.92 Å². The van der Waals surface area contributed by atoms with Crippen molar-refractivity contribution in [1.82, 2.24) is 19.7 Å². The second-order valence-corrected chi connectivity index (χ2v) is 4.36. The molecule has 7 heteroatoms. The summed E-state index contributed by atoms with van der Waals surface area (Å²) >= 11 is 0. The zero-order chi connectivity index (χ0) is 14.4. The van der Waals surface area contributed by atoms with Crippen molar-refractivity contribution in [2.24, 2.45) is 7.05 Å². The van der Waals surface area contributed by atoms with E-state index in [2.05, 4.69) is 20.4 Å². The van der Waals surface area contributed by atoms with Gasteiger partial charge in [0, 0.05) is 38.2 Å². The molecule has 2 heterocycles. The number of aryl methyl sites for hydroxylation is 1. The van der Waals surface area contributed by atoms with Crippen molar-refractivity contribution in [2.45, 2.75) is 13.0 Å². The molecule has 7 nitrogen and oxygen atoms in total. The fraction of sp³-hybridized carbons (Fsp3) is 0.462. The van der Waals surface area contributed by atoms with Crippen molar-refractivity contribution in [3.8, 4) is 11.3 Å². The van der Waals surface area contributed by atoms with Crippen molar-refractivity contribution >= 4 is 5.95 Å². The van der Waals surface area contributed by atoms with E-state index in [1.807, 2.05) is 26.2 Å². The maximum atomic E-state index is 9.67. The molecule has 108 valence electrons. The van der Waals surface area contributed by atoms with E-state index in [1.165, 1.54) is 0 Å². The summed E-state index contributed by atoms with van der Waals surface area (Å²) in [5.41, 5.74) is 1.71. The fourth-order valence-corrected chi connectivity index (χ4v) is 1.68. The smallest absolute Gasteiger partial charge is 0.223 e. The Morgan fingerprint density at radius 3 is 3.05 bits per heavy atom. The number of hydrogen-bond acceptors (Lipinski definition) is 6. The summed E-state index contributed by atoms with van der Waals surface area (Å²) in [4.78, 5) is 8.50. The first-order valence-corrected chi connectivity index (χ1v) is 6.50. The van der Waals surface area contributed by atoms with Crippen LogP contribution >= 0.6 is 0 Å². The first-order chi connectivity index (χ1) is 9.69. The van der Waals surface area contributed by atoms with Gasteiger partial charge in [0.05, 0.1) is 24.6 Å². The highest BCUT2D eigenvalue weighted by atomic mass is 16.5. The van der Waals surface area contributed by atoms with Crippen molar-refractivity contribution in [3.05, 3.63) is 24.7 Å². The molecule has 0 aliphatic heterocycles. The highest BCUT2D eigenvalue weighted by Crippen LogP contribution is 2.16. The van der Waals surface area contributed by atoms with E-state index < -0.39 is 6.10 Å². The molecule has 0 spiro atoms. The third-order valence-corrected chi connectivity index (χ3v) is 2.67. The van der Waals surface area contributed by atoms with Gasteiger partial charge < -0.3 is 15.2 Å². The third kappa shape index (κ3) is 4.01. The second-order valence-electron chi connectivity index (χ2n) is 4.36. The quantitative estimate of drug-likeness (QED) is 0.774. The maximum Gasteiger partial charge on any atom is 0.223 e. The summed E-state index contributed by atoms with van der Waals surface area (Å²) in [6.07, 6.45) is 4.72. The molecule has 0 fully saturated rings. The molecule has 2 rings (SSSR count). The van der Waals surface area contributed by atoms with Gasteiger partial charge in [-0.05, 0) is 13.0 Å². The minimum atomic E-state index is -0.583. The van der Waals surface area contributed by atoms with Crippen LogP contribution in [0.15, 0.2) is 24.7 Å². The van der Waals surface area contributed by atoms with Crippen molar-refractivity contribution in [1.29, 1.82) is 0 Å². The molecule has 0 radical (unpaired) electrons. The number of anilines is 1. The van der Waals surface area contributed by atoms with Crippen LogP contribution in [0.3, 0.4) is 0 Å². The van der Waals surface area contributed by atoms with Crippen LogP contribution < -0.4 is 5.32 Å². The molecular weight excluding hydrogens is 258 g/mol. The lowest BCUT2D eigenvalue weighted by molar-refractivity contribution is 0.0495. The molecule has 0 amide bonds. The van der Waals surface area contributed by atoms with Gasteiger partial charge in [-0.3, -0.25) is 4.68 Å². The summed E-state index contributed by atoms with van der Waals surface area (Å²) in [5.74, 6) is 0.474. The second kappa shape index (κ2) is 6.97. The van der Waals surface area contributed by atoms with Crippen molar-refractivity contribution in [2.75, 3.05) is 25.1 Å². The first-order valence-electron chi connectivity index (χ1n) is 6.50. The third-order valence-electron chi connectivity index (χ3n) is 2.67. The van der Waals surface area contributed by atoms with Crippen LogP contribution in [0.25, 0.3) is 11.3 Å². The lowest BCUT2D eigenvalue weighted by Crippen LogP contribution is -2.25. The van der Waals surface area contributed by atoms with Crippen LogP contribution in [0.4, 0.5) is 5.95 Å². The zero-order valence-corrected chi connectivity index (χ0v) is 11.7. The van der Waals surface area contributed by atoms with Crippen LogP contribution in [0, 0.1) is 0 Å². The van der Waals surface area contributed by atoms with Crippen molar-refractivity contribution in [3.63, 3.8) is 0 Å². The normalized spacial score (nSPS) is 12.3. The highest BCUT2D eigenvalue weighted by Gasteiger charge is 2.07. The molecule has 0 saturated heterocycles. The average Bonchev–Trinajstić information content (AvgIpc) is 2.90. The van der Waals surface area contributed by atoms with Crippen LogP contribution in [-0.4, -0.2) is 50.7 Å². The molecule has 2 N–H and O–H groups in total. The van der Waals surface area contributed by atoms with E-state index in [4.69, 9.17) is 4.74 Å². The van der Waals surface area contributed by atoms with Gasteiger partial charge in [-0.25, -0.2) is 9.97 Å². The lowest BCUT2D eigenvalue weighted by Gasteiger charge is -2.11. The predicted octanol–water partition coefficient (Wildman–Crippen LogP) is 0.686. The molecule has 0 aliphatic carbocycles. The van der Waals surface area contributed by atoms with E-state index in [0.29, 0.717) is 25.7 Å². The molecule has 0 aliphatic rings. The minimum absolute atomic E-state index is 0.297. The van der Waals surface area contributed by atoms with Gasteiger partial charge >= 0.3 is 0 Å². The monoisotopic (exact) mass is 277 g/mol. The standard InChI is InChI=1S/C13H19N5O2/c1-3-20-9-11(19)7-15-13-14-5-4-12(17-13)10-6-16-18(2)8-10/h4-6,8,11,19H,3,7,9H2,1-2H3,(H,14,15,17). The maximum absolute atomic E-state index is 9.67. The SMILES string of the molecule is CCOCC(O)CNc1nccc(-c2cnn(C)c2)n1. The van der Waals surface area contributed by atoms with Gasteiger partial charge in [-0.2, -0.15) is 5.10 Å². The molecule has 0 bridgehead atoms. The van der Waals surface area contributed by atoms with Crippen LogP contribution in [0.5, 0.6) is 0 Å². The number of hydrogen-bond donors (Lipinski definition) is 2. The molecule has 1 atom stereocenters. The Hall–Kier alpha value is -1.99. The minimum Gasteiger partial charge on any atom is -0.389 e. The van der Waals surface area contributed by atoms with Gasteiger partial charge in [0.1, 0.15) is 0 Å². The van der Waals surface area contributed by atoms with E-state index in [1.54, 1.807) is 17.1 Å². The van der Waals surface area contributed by atoms with E-state index in [0.717, 1.165) is 11.3 Å². The number of rotatable bonds is 7. The molecule has 1 unspecified atom stereocenters. The lowest BCUT2D eigenvalue weighted by atomic mass is 10.2. The van der Waals surface area contributed by atoms with Gasteiger partial charge in [0.2, 0.25) is 5.95 Å². The Balaban J connectivity index is 1.96. The zero-order valence-electron chi connectivity index (χ0n) is 11.7. The van der Waals surface area contributed by atoms with E-state index >= 15 is 0 Å². The topological polar surface area (TPSA) is 85.1 Å². The van der Waals surface area contributed by atoms with Crippen LogP contribution in [-0.2, 0) is 11.8 Å². The largest absolute Gasteiger partial charge is 0.389 e. The Morgan fingerprint density at radius 2 is 2.35 bits per heavy atom. The number of nitrogens with one attached hydrogen (secondary N) is 1. The van der Waals surface area contributed by atoms with E-state index in [-0.39, 0.29) is 0 Å². The Morgan fingerprint density at radius 1 is 1.50 bits per heavy atom. The Bertz CT molecular complexity index is 543. The Kier molecular flexibility index (Phi) is 5.03. The predicted molar refractivity (Wildman–Crippen MR) is 75.2 cm³/mol. The Labute approximate surface area is 117 Å². The summed E-state index contributed by atoms with van der Waals surface area (Å²) in [6, 6.07) is 1.82. The number of aliphatic hydroxyl groups excluding tert-OH is 1. The van der Waals surface area contributed by atoms with E-state index in [9.17, 15) is 5.11 Å². The first kappa shape index (κ1) is 14.4. The van der Waals surface area contributed by atoms with Gasteiger partial charge in [0.15, 0.2) is 0 Å². The summed E-state index contributed by atoms with van der Waals surface area (Å²) in [7, 11) is 1.86. The van der Waals surface area contributed by atoms with Gasteiger partial charge in [-0.15, -0.1) is 0 Å². The molecule has 2 aromatic rings. The number of ether oxygens (including phenoxy) is 1. The highest BCUT2D eigenvalue weighted by molar-refractivity contribution is 5.57.